The largest absolute Gasteiger partial charge is 0.383 e. The van der Waals surface area contributed by atoms with Crippen LogP contribution in [-0.2, 0) is 11.3 Å². The number of halogens is 1. The van der Waals surface area contributed by atoms with Crippen LogP contribution in [0, 0.1) is 12.7 Å². The molecule has 2 aromatic carbocycles. The lowest BCUT2D eigenvalue weighted by Gasteiger charge is -2.09. The summed E-state index contributed by atoms with van der Waals surface area (Å²) in [7, 11) is 1.59. The average Bonchev–Trinajstić information content (AvgIpc) is 3.19. The summed E-state index contributed by atoms with van der Waals surface area (Å²) in [6, 6.07) is 17.2. The van der Waals surface area contributed by atoms with Gasteiger partial charge in [0.15, 0.2) is 11.6 Å². The van der Waals surface area contributed by atoms with Crippen LogP contribution in [0.2, 0.25) is 0 Å². The van der Waals surface area contributed by atoms with Crippen molar-refractivity contribution in [2.45, 2.75) is 13.5 Å². The van der Waals surface area contributed by atoms with Gasteiger partial charge in [0.25, 0.3) is 5.56 Å². The van der Waals surface area contributed by atoms with Crippen molar-refractivity contribution >= 4 is 0 Å². The van der Waals surface area contributed by atoms with E-state index in [-0.39, 0.29) is 11.4 Å². The minimum atomic E-state index is -0.365. The molecular weight excluding hydrogens is 383 g/mol. The van der Waals surface area contributed by atoms with Gasteiger partial charge in [0.1, 0.15) is 5.82 Å². The zero-order valence-electron chi connectivity index (χ0n) is 16.7. The lowest BCUT2D eigenvalue weighted by Crippen LogP contribution is -2.21. The van der Waals surface area contributed by atoms with Gasteiger partial charge in [-0.3, -0.25) is 4.79 Å². The van der Waals surface area contributed by atoms with Gasteiger partial charge in [0, 0.05) is 37.0 Å². The summed E-state index contributed by atoms with van der Waals surface area (Å²) in [5, 5.41) is 4.64. The number of ether oxygens (including phenoxy) is 1. The zero-order chi connectivity index (χ0) is 21.1. The third-order valence-corrected chi connectivity index (χ3v) is 4.75. The number of aromatic nitrogens is 4. The maximum absolute atomic E-state index is 13.9. The normalized spacial score (nSPS) is 11.0. The van der Waals surface area contributed by atoms with Crippen molar-refractivity contribution in [3.05, 3.63) is 88.6 Å². The fraction of sp³-hybridized carbons (Fsp3) is 0.174. The molecule has 0 fully saturated rings. The van der Waals surface area contributed by atoms with Crippen molar-refractivity contribution in [2.75, 3.05) is 13.7 Å². The van der Waals surface area contributed by atoms with Gasteiger partial charge >= 0.3 is 0 Å². The molecule has 4 rings (SSSR count). The summed E-state index contributed by atoms with van der Waals surface area (Å²) < 4.78 is 22.1. The Morgan fingerprint density at radius 3 is 2.53 bits per heavy atom. The Hall–Kier alpha value is -3.58. The Morgan fingerprint density at radius 1 is 1.03 bits per heavy atom. The van der Waals surface area contributed by atoms with Crippen LogP contribution in [0.25, 0.3) is 28.5 Å². The van der Waals surface area contributed by atoms with E-state index in [0.717, 1.165) is 11.1 Å². The second kappa shape index (κ2) is 8.42. The van der Waals surface area contributed by atoms with E-state index in [1.165, 1.54) is 18.2 Å². The Balaban J connectivity index is 1.87. The monoisotopic (exact) mass is 404 g/mol. The van der Waals surface area contributed by atoms with Gasteiger partial charge in [-0.15, -0.1) is 5.10 Å². The molecule has 0 saturated carbocycles. The van der Waals surface area contributed by atoms with E-state index in [9.17, 15) is 9.18 Å². The first-order valence-electron chi connectivity index (χ1n) is 9.55. The summed E-state index contributed by atoms with van der Waals surface area (Å²) >= 11 is 0. The van der Waals surface area contributed by atoms with Crippen LogP contribution in [0.3, 0.4) is 0 Å². The molecule has 0 aliphatic rings. The van der Waals surface area contributed by atoms with Crippen LogP contribution in [0.4, 0.5) is 4.39 Å². The smallest absolute Gasteiger partial charge is 0.250 e. The van der Waals surface area contributed by atoms with Crippen molar-refractivity contribution in [3.63, 3.8) is 0 Å². The summed E-state index contributed by atoms with van der Waals surface area (Å²) in [6.07, 6.45) is 1.72. The molecule has 4 aromatic rings. The van der Waals surface area contributed by atoms with E-state index in [0.29, 0.717) is 36.1 Å². The quantitative estimate of drug-likeness (QED) is 0.490. The van der Waals surface area contributed by atoms with Crippen molar-refractivity contribution in [3.8, 4) is 28.5 Å². The molecule has 0 N–H and O–H groups in total. The number of benzene rings is 2. The molecule has 0 radical (unpaired) electrons. The number of rotatable bonds is 6. The number of hydrogen-bond acceptors (Lipinski definition) is 4. The number of methoxy groups -OCH3 is 1. The van der Waals surface area contributed by atoms with Crippen LogP contribution in [0.15, 0.2) is 71.7 Å². The first-order chi connectivity index (χ1) is 14.5. The summed E-state index contributed by atoms with van der Waals surface area (Å²) in [5.74, 6) is 0.669. The molecule has 2 aromatic heterocycles. The molecular formula is C23H21FN4O2. The SMILES string of the molecule is COCCn1cc(-c2nc(-c3ccc(C)cc3)nn2-c2cccc(F)c2)ccc1=O. The van der Waals surface area contributed by atoms with Gasteiger partial charge in [-0.1, -0.05) is 35.9 Å². The second-order valence-corrected chi connectivity index (χ2v) is 6.96. The lowest BCUT2D eigenvalue weighted by molar-refractivity contribution is 0.186. The van der Waals surface area contributed by atoms with Gasteiger partial charge in [0.2, 0.25) is 0 Å². The Bertz CT molecular complexity index is 1230. The Kier molecular flexibility index (Phi) is 5.54. The first-order valence-corrected chi connectivity index (χ1v) is 9.55. The molecule has 2 heterocycles. The van der Waals surface area contributed by atoms with E-state index in [1.54, 1.807) is 40.8 Å². The zero-order valence-corrected chi connectivity index (χ0v) is 16.7. The molecule has 0 saturated heterocycles. The van der Waals surface area contributed by atoms with E-state index in [2.05, 4.69) is 5.10 Å². The van der Waals surface area contributed by atoms with Gasteiger partial charge in [-0.25, -0.2) is 14.1 Å². The highest BCUT2D eigenvalue weighted by molar-refractivity contribution is 5.63. The van der Waals surface area contributed by atoms with Gasteiger partial charge in [0.05, 0.1) is 12.3 Å². The third-order valence-electron chi connectivity index (χ3n) is 4.75. The summed E-state index contributed by atoms with van der Waals surface area (Å²) in [6.45, 7) is 2.84. The molecule has 30 heavy (non-hydrogen) atoms. The highest BCUT2D eigenvalue weighted by Crippen LogP contribution is 2.25. The Morgan fingerprint density at radius 2 is 1.80 bits per heavy atom. The maximum atomic E-state index is 13.9. The summed E-state index contributed by atoms with van der Waals surface area (Å²) in [5.41, 5.74) is 3.09. The predicted molar refractivity (Wildman–Crippen MR) is 113 cm³/mol. The van der Waals surface area contributed by atoms with E-state index < -0.39 is 0 Å². The van der Waals surface area contributed by atoms with Crippen LogP contribution >= 0.6 is 0 Å². The fourth-order valence-corrected chi connectivity index (χ4v) is 3.14. The number of aryl methyl sites for hydroxylation is 1. The second-order valence-electron chi connectivity index (χ2n) is 6.96. The minimum absolute atomic E-state index is 0.133. The molecule has 0 atom stereocenters. The van der Waals surface area contributed by atoms with Crippen LogP contribution in [0.1, 0.15) is 5.56 Å². The molecule has 0 aliphatic carbocycles. The fourth-order valence-electron chi connectivity index (χ4n) is 3.14. The van der Waals surface area contributed by atoms with Crippen LogP contribution < -0.4 is 5.56 Å². The van der Waals surface area contributed by atoms with Crippen molar-refractivity contribution in [2.24, 2.45) is 0 Å². The lowest BCUT2D eigenvalue weighted by atomic mass is 10.1. The highest BCUT2D eigenvalue weighted by Gasteiger charge is 2.16. The van der Waals surface area contributed by atoms with Crippen molar-refractivity contribution in [1.29, 1.82) is 0 Å². The standard InChI is InChI=1S/C23H21FN4O2/c1-16-6-8-17(9-7-16)22-25-23(28(26-22)20-5-3-4-19(24)14-20)18-10-11-21(29)27(15-18)12-13-30-2/h3-11,14-15H,12-13H2,1-2H3. The molecule has 152 valence electrons. The van der Waals surface area contributed by atoms with Crippen molar-refractivity contribution < 1.29 is 9.13 Å². The number of pyridine rings is 1. The molecule has 7 heteroatoms. The highest BCUT2D eigenvalue weighted by atomic mass is 19.1. The van der Waals surface area contributed by atoms with Gasteiger partial charge in [-0.2, -0.15) is 0 Å². The number of hydrogen-bond donors (Lipinski definition) is 0. The molecule has 6 nitrogen and oxygen atoms in total. The number of nitrogens with zero attached hydrogens (tertiary/aromatic N) is 4. The molecule has 0 aliphatic heterocycles. The van der Waals surface area contributed by atoms with Crippen LogP contribution in [0.5, 0.6) is 0 Å². The molecule has 0 spiro atoms. The van der Waals surface area contributed by atoms with Gasteiger partial charge in [-0.05, 0) is 31.2 Å². The maximum Gasteiger partial charge on any atom is 0.250 e. The van der Waals surface area contributed by atoms with Crippen LogP contribution in [-0.4, -0.2) is 33.0 Å². The predicted octanol–water partition coefficient (Wildman–Crippen LogP) is 3.86. The topological polar surface area (TPSA) is 61.9 Å². The van der Waals surface area contributed by atoms with E-state index >= 15 is 0 Å². The first kappa shape index (κ1) is 19.7. The van der Waals surface area contributed by atoms with Gasteiger partial charge < -0.3 is 9.30 Å². The minimum Gasteiger partial charge on any atom is -0.383 e. The Labute approximate surface area is 173 Å². The van der Waals surface area contributed by atoms with E-state index in [4.69, 9.17) is 9.72 Å². The average molecular weight is 404 g/mol. The summed E-state index contributed by atoms with van der Waals surface area (Å²) in [4.78, 5) is 16.9. The molecule has 0 amide bonds. The van der Waals surface area contributed by atoms with Crippen molar-refractivity contribution in [1.82, 2.24) is 19.3 Å². The third kappa shape index (κ3) is 4.06. The molecule has 0 bridgehead atoms. The molecule has 0 unspecified atom stereocenters. The van der Waals surface area contributed by atoms with E-state index in [1.807, 2.05) is 31.2 Å².